The van der Waals surface area contributed by atoms with Crippen LogP contribution in [-0.2, 0) is 14.3 Å². The smallest absolute Gasteiger partial charge is 0.257 e. The van der Waals surface area contributed by atoms with Crippen molar-refractivity contribution in [3.63, 3.8) is 0 Å². The van der Waals surface area contributed by atoms with Gasteiger partial charge in [0.1, 0.15) is 12.3 Å². The van der Waals surface area contributed by atoms with Crippen LogP contribution in [0, 0.1) is 0 Å². The lowest BCUT2D eigenvalue weighted by Gasteiger charge is -2.25. The van der Waals surface area contributed by atoms with Gasteiger partial charge < -0.3 is 0 Å². The Balaban J connectivity index is 2.69. The van der Waals surface area contributed by atoms with Crippen molar-refractivity contribution in [3.05, 3.63) is 0 Å². The Labute approximate surface area is 84.5 Å². The van der Waals surface area contributed by atoms with Crippen LogP contribution in [0.3, 0.4) is 0 Å². The minimum absolute atomic E-state index is 0.00350. The van der Waals surface area contributed by atoms with Crippen LogP contribution in [0.15, 0.2) is 0 Å². The van der Waals surface area contributed by atoms with Crippen molar-refractivity contribution >= 4 is 10.1 Å². The third-order valence-electron chi connectivity index (χ3n) is 2.16. The summed E-state index contributed by atoms with van der Waals surface area (Å²) in [5.41, 5.74) is -5.48. The van der Waals surface area contributed by atoms with Gasteiger partial charge in [0.25, 0.3) is 0 Å². The molecule has 2 atom stereocenters. The molecule has 1 saturated carbocycles. The van der Waals surface area contributed by atoms with Crippen molar-refractivity contribution in [1.82, 2.24) is 0 Å². The summed E-state index contributed by atoms with van der Waals surface area (Å²) in [4.78, 5) is 0. The molecule has 1 rings (SSSR count). The summed E-state index contributed by atoms with van der Waals surface area (Å²) in [6, 6.07) is 0. The summed E-state index contributed by atoms with van der Waals surface area (Å²) < 4.78 is 73.6. The Hall–Kier alpha value is -0.370. The molecule has 90 valence electrons. The highest BCUT2D eigenvalue weighted by atomic mass is 32.2. The molecule has 15 heavy (non-hydrogen) atoms. The number of alkyl halides is 4. The van der Waals surface area contributed by atoms with Crippen LogP contribution in [0.25, 0.3) is 0 Å². The van der Waals surface area contributed by atoms with Crippen molar-refractivity contribution in [3.8, 4) is 0 Å². The number of hydrogen-bond acceptors (Lipinski definition) is 3. The Bertz CT molecular complexity index is 311. The average Bonchev–Trinajstić information content (AvgIpc) is 2.06. The van der Waals surface area contributed by atoms with Gasteiger partial charge >= 0.3 is 15.6 Å². The lowest BCUT2D eigenvalue weighted by molar-refractivity contribution is -0.0621. The molecule has 0 N–H and O–H groups in total. The third-order valence-corrected chi connectivity index (χ3v) is 3.22. The molecule has 0 spiro atoms. The van der Waals surface area contributed by atoms with E-state index in [0.29, 0.717) is 12.8 Å². The fourth-order valence-corrected chi connectivity index (χ4v) is 2.03. The third kappa shape index (κ3) is 3.04. The lowest BCUT2D eigenvalue weighted by Crippen LogP contribution is -2.36. The fraction of sp³-hybridized carbons (Fsp3) is 1.00. The zero-order valence-corrected chi connectivity index (χ0v) is 8.44. The highest BCUT2D eigenvalue weighted by Gasteiger charge is 2.49. The Morgan fingerprint density at radius 2 is 1.67 bits per heavy atom. The van der Waals surface area contributed by atoms with E-state index in [-0.39, 0.29) is 12.8 Å². The largest absolute Gasteiger partial charge is 0.523 e. The molecule has 1 aliphatic rings. The summed E-state index contributed by atoms with van der Waals surface area (Å²) in [6.07, 6.45) is -2.10. The second-order valence-electron chi connectivity index (χ2n) is 3.33. The van der Waals surface area contributed by atoms with Crippen molar-refractivity contribution < 1.29 is 30.2 Å². The van der Waals surface area contributed by atoms with Gasteiger partial charge in [-0.2, -0.15) is 21.6 Å². The zero-order valence-electron chi connectivity index (χ0n) is 7.63. The summed E-state index contributed by atoms with van der Waals surface area (Å²) in [5, 5.41) is 0. The van der Waals surface area contributed by atoms with Crippen molar-refractivity contribution in [2.24, 2.45) is 0 Å². The van der Waals surface area contributed by atoms with E-state index in [2.05, 4.69) is 4.18 Å². The first-order valence-corrected chi connectivity index (χ1v) is 5.78. The second-order valence-corrected chi connectivity index (χ2v) is 4.90. The van der Waals surface area contributed by atoms with Crippen LogP contribution >= 0.6 is 0 Å². The molecule has 3 nitrogen and oxygen atoms in total. The van der Waals surface area contributed by atoms with Gasteiger partial charge in [-0.25, -0.2) is 4.39 Å². The number of rotatable bonds is 2. The molecule has 0 aromatic heterocycles. The van der Waals surface area contributed by atoms with Gasteiger partial charge in [-0.05, 0) is 12.8 Å². The second kappa shape index (κ2) is 4.25. The number of hydrogen-bond donors (Lipinski definition) is 0. The quantitative estimate of drug-likeness (QED) is 0.428. The van der Waals surface area contributed by atoms with Crippen LogP contribution in [0.5, 0.6) is 0 Å². The first kappa shape index (κ1) is 12.7. The van der Waals surface area contributed by atoms with E-state index in [1.807, 2.05) is 0 Å². The van der Waals surface area contributed by atoms with Gasteiger partial charge in [0.2, 0.25) is 0 Å². The molecule has 0 radical (unpaired) electrons. The normalized spacial score (nSPS) is 29.1. The molecule has 0 heterocycles. The maximum absolute atomic E-state index is 13.0. The Kier molecular flexibility index (Phi) is 3.59. The SMILES string of the molecule is O=S(=O)(OC1CCCCC1F)C(F)(F)F. The van der Waals surface area contributed by atoms with Crippen molar-refractivity contribution in [1.29, 1.82) is 0 Å². The molecule has 0 bridgehead atoms. The van der Waals surface area contributed by atoms with Gasteiger partial charge in [-0.1, -0.05) is 12.8 Å². The Morgan fingerprint density at radius 3 is 2.13 bits per heavy atom. The van der Waals surface area contributed by atoms with Gasteiger partial charge in [0, 0.05) is 0 Å². The standard InChI is InChI=1S/C7H10F4O3S/c8-5-3-1-2-4-6(5)14-15(12,13)7(9,10)11/h5-6H,1-4H2. The molecule has 0 amide bonds. The summed E-state index contributed by atoms with van der Waals surface area (Å²) >= 11 is 0. The first-order valence-electron chi connectivity index (χ1n) is 4.37. The van der Waals surface area contributed by atoms with Crippen molar-refractivity contribution in [2.45, 2.75) is 43.5 Å². The highest BCUT2D eigenvalue weighted by Crippen LogP contribution is 2.31. The molecule has 8 heteroatoms. The summed E-state index contributed by atoms with van der Waals surface area (Å²) in [7, 11) is -5.67. The van der Waals surface area contributed by atoms with E-state index >= 15 is 0 Å². The van der Waals surface area contributed by atoms with E-state index in [1.54, 1.807) is 0 Å². The first-order chi connectivity index (χ1) is 6.74. The predicted molar refractivity (Wildman–Crippen MR) is 43.2 cm³/mol. The van der Waals surface area contributed by atoms with Crippen molar-refractivity contribution in [2.75, 3.05) is 0 Å². The van der Waals surface area contributed by atoms with E-state index in [0.717, 1.165) is 0 Å². The molecule has 0 aliphatic heterocycles. The van der Waals surface area contributed by atoms with Gasteiger partial charge in [-0.15, -0.1) is 0 Å². The van der Waals surface area contributed by atoms with Crippen LogP contribution in [0.1, 0.15) is 25.7 Å². The van der Waals surface area contributed by atoms with Crippen LogP contribution in [0.4, 0.5) is 17.6 Å². The summed E-state index contributed by atoms with van der Waals surface area (Å²) in [6.45, 7) is 0. The molecule has 0 aromatic carbocycles. The zero-order chi connectivity index (χ0) is 11.7. The molecular weight excluding hydrogens is 240 g/mol. The fourth-order valence-electron chi connectivity index (χ4n) is 1.38. The number of halogens is 4. The van der Waals surface area contributed by atoms with E-state index < -0.39 is 27.9 Å². The summed E-state index contributed by atoms with van der Waals surface area (Å²) in [5.74, 6) is 0. The Morgan fingerprint density at radius 1 is 1.13 bits per heavy atom. The van der Waals surface area contributed by atoms with Gasteiger partial charge in [0.05, 0.1) is 0 Å². The minimum Gasteiger partial charge on any atom is -0.257 e. The average molecular weight is 250 g/mol. The topological polar surface area (TPSA) is 43.4 Å². The molecule has 0 saturated heterocycles. The molecule has 0 aromatic rings. The van der Waals surface area contributed by atoms with E-state index in [9.17, 15) is 26.0 Å². The van der Waals surface area contributed by atoms with Crippen LogP contribution < -0.4 is 0 Å². The molecule has 1 fully saturated rings. The highest BCUT2D eigenvalue weighted by molar-refractivity contribution is 7.87. The maximum Gasteiger partial charge on any atom is 0.523 e. The van der Waals surface area contributed by atoms with Gasteiger partial charge in [0.15, 0.2) is 0 Å². The lowest BCUT2D eigenvalue weighted by atomic mass is 9.96. The molecular formula is C7H10F4O3S. The van der Waals surface area contributed by atoms with Crippen LogP contribution in [0.2, 0.25) is 0 Å². The van der Waals surface area contributed by atoms with Gasteiger partial charge in [-0.3, -0.25) is 4.18 Å². The van der Waals surface area contributed by atoms with Crippen LogP contribution in [-0.4, -0.2) is 26.2 Å². The van der Waals surface area contributed by atoms with E-state index in [4.69, 9.17) is 0 Å². The predicted octanol–water partition coefficient (Wildman–Crippen LogP) is 2.13. The molecule has 1 aliphatic carbocycles. The minimum atomic E-state index is -5.67. The van der Waals surface area contributed by atoms with E-state index in [1.165, 1.54) is 0 Å². The maximum atomic E-state index is 13.0. The molecule has 2 unspecified atom stereocenters. The monoisotopic (exact) mass is 250 g/mol.